The molecule has 5 rings (SSSR count). The first kappa shape index (κ1) is 19.3. The number of Topliss-reactive ketones (excluding diaryl/α,β-unsaturated/α-hetero) is 1. The Morgan fingerprint density at radius 1 is 1.10 bits per heavy atom. The molecule has 158 valence electrons. The molecule has 0 bridgehead atoms. The zero-order valence-electron chi connectivity index (χ0n) is 17.0. The van der Waals surface area contributed by atoms with E-state index in [1.54, 1.807) is 19.1 Å². The number of carbonyl (C=O) groups excluding carboxylic acids is 4. The average molecular weight is 419 g/mol. The van der Waals surface area contributed by atoms with Gasteiger partial charge in [-0.25, -0.2) is 4.79 Å². The molecule has 4 amide bonds. The SMILES string of the molecule is C[C@]1(c2ccc3c(c2)CCC3)NC(=O)N(CC(=O)c2ccc3c(c2)NC(=O)CO3)C1=O. The monoisotopic (exact) mass is 419 g/mol. The van der Waals surface area contributed by atoms with Gasteiger partial charge >= 0.3 is 6.03 Å². The minimum Gasteiger partial charge on any atom is -0.482 e. The largest absolute Gasteiger partial charge is 0.482 e. The van der Waals surface area contributed by atoms with Gasteiger partial charge in [-0.15, -0.1) is 0 Å². The average Bonchev–Trinajstić information content (AvgIpc) is 3.31. The molecule has 8 heteroatoms. The van der Waals surface area contributed by atoms with Crippen LogP contribution in [-0.4, -0.2) is 41.7 Å². The maximum atomic E-state index is 13.2. The predicted octanol–water partition coefficient (Wildman–Crippen LogP) is 2.16. The molecule has 1 atom stereocenters. The molecule has 3 aliphatic rings. The number of ketones is 1. The van der Waals surface area contributed by atoms with Gasteiger partial charge < -0.3 is 15.4 Å². The van der Waals surface area contributed by atoms with Crippen LogP contribution in [0.5, 0.6) is 5.75 Å². The quantitative estimate of drug-likeness (QED) is 0.584. The smallest absolute Gasteiger partial charge is 0.325 e. The number of imide groups is 1. The van der Waals surface area contributed by atoms with Crippen molar-refractivity contribution < 1.29 is 23.9 Å². The van der Waals surface area contributed by atoms with Crippen LogP contribution in [0.2, 0.25) is 0 Å². The number of rotatable bonds is 4. The minimum atomic E-state index is -1.22. The number of ether oxygens (including phenoxy) is 1. The minimum absolute atomic E-state index is 0.0793. The molecule has 2 aliphatic heterocycles. The molecular formula is C23H21N3O5. The van der Waals surface area contributed by atoms with E-state index in [0.717, 1.165) is 29.7 Å². The number of aryl methyl sites for hydroxylation is 2. The number of benzene rings is 2. The maximum absolute atomic E-state index is 13.2. The van der Waals surface area contributed by atoms with Crippen molar-refractivity contribution in [3.63, 3.8) is 0 Å². The standard InChI is InChI=1S/C23H21N3O5/c1-23(16-7-5-13-3-2-4-14(13)9-16)21(29)26(22(30)25-23)11-18(27)15-6-8-19-17(10-15)24-20(28)12-31-19/h5-10H,2-4,11-12H2,1H3,(H,24,28)(H,25,30)/t23-/m1/s1. The van der Waals surface area contributed by atoms with Crippen LogP contribution in [0, 0.1) is 0 Å². The zero-order chi connectivity index (χ0) is 21.8. The highest BCUT2D eigenvalue weighted by molar-refractivity contribution is 6.11. The van der Waals surface area contributed by atoms with Gasteiger partial charge in [0.2, 0.25) is 0 Å². The molecule has 2 aromatic carbocycles. The summed E-state index contributed by atoms with van der Waals surface area (Å²) < 4.78 is 5.29. The van der Waals surface area contributed by atoms with Gasteiger partial charge in [-0.05, 0) is 61.1 Å². The summed E-state index contributed by atoms with van der Waals surface area (Å²) in [7, 11) is 0. The van der Waals surface area contributed by atoms with E-state index in [1.807, 2.05) is 18.2 Å². The lowest BCUT2D eigenvalue weighted by Gasteiger charge is -2.23. The second-order valence-electron chi connectivity index (χ2n) is 8.25. The Hall–Kier alpha value is -3.68. The van der Waals surface area contributed by atoms with E-state index in [2.05, 4.69) is 10.6 Å². The molecule has 8 nitrogen and oxygen atoms in total. The molecule has 0 unspecified atom stereocenters. The van der Waals surface area contributed by atoms with Crippen molar-refractivity contribution in [2.45, 2.75) is 31.7 Å². The number of carbonyl (C=O) groups is 4. The molecule has 31 heavy (non-hydrogen) atoms. The first-order valence-electron chi connectivity index (χ1n) is 10.2. The predicted molar refractivity (Wildman–Crippen MR) is 111 cm³/mol. The summed E-state index contributed by atoms with van der Waals surface area (Å²) in [4.78, 5) is 51.1. The second-order valence-corrected chi connectivity index (χ2v) is 8.25. The fourth-order valence-electron chi connectivity index (χ4n) is 4.41. The number of hydrogen-bond acceptors (Lipinski definition) is 5. The highest BCUT2D eigenvalue weighted by Gasteiger charge is 2.49. The van der Waals surface area contributed by atoms with Crippen LogP contribution in [-0.2, 0) is 28.0 Å². The van der Waals surface area contributed by atoms with Crippen LogP contribution in [0.1, 0.15) is 40.4 Å². The molecule has 2 aromatic rings. The van der Waals surface area contributed by atoms with Crippen LogP contribution in [0.25, 0.3) is 0 Å². The van der Waals surface area contributed by atoms with Crippen molar-refractivity contribution in [3.8, 4) is 5.75 Å². The number of fused-ring (bicyclic) bond motifs is 2. The van der Waals surface area contributed by atoms with Crippen LogP contribution in [0.15, 0.2) is 36.4 Å². The van der Waals surface area contributed by atoms with E-state index >= 15 is 0 Å². The molecule has 1 saturated heterocycles. The number of nitrogens with zero attached hydrogens (tertiary/aromatic N) is 1. The fraction of sp³-hybridized carbons (Fsp3) is 0.304. The van der Waals surface area contributed by atoms with Crippen LogP contribution in [0.4, 0.5) is 10.5 Å². The summed E-state index contributed by atoms with van der Waals surface area (Å²) in [6.45, 7) is 1.20. The van der Waals surface area contributed by atoms with Crippen molar-refractivity contribution in [1.82, 2.24) is 10.2 Å². The Balaban J connectivity index is 1.37. The normalized spacial score (nSPS) is 21.8. The van der Waals surface area contributed by atoms with Crippen molar-refractivity contribution >= 4 is 29.3 Å². The molecular weight excluding hydrogens is 398 g/mol. The van der Waals surface area contributed by atoms with Crippen LogP contribution in [0.3, 0.4) is 0 Å². The molecule has 0 saturated carbocycles. The molecule has 0 radical (unpaired) electrons. The van der Waals surface area contributed by atoms with Gasteiger partial charge in [0, 0.05) is 5.56 Å². The Morgan fingerprint density at radius 2 is 1.90 bits per heavy atom. The molecule has 1 aliphatic carbocycles. The van der Waals surface area contributed by atoms with E-state index in [9.17, 15) is 19.2 Å². The third kappa shape index (κ3) is 3.15. The summed E-state index contributed by atoms with van der Waals surface area (Å²) in [6, 6.07) is 9.90. The summed E-state index contributed by atoms with van der Waals surface area (Å²) in [5.41, 5.74) is 2.65. The highest BCUT2D eigenvalue weighted by Crippen LogP contribution is 2.33. The van der Waals surface area contributed by atoms with E-state index in [4.69, 9.17) is 4.74 Å². The third-order valence-corrected chi connectivity index (χ3v) is 6.19. The molecule has 1 fully saturated rings. The number of amides is 4. The summed E-state index contributed by atoms with van der Waals surface area (Å²) >= 11 is 0. The van der Waals surface area contributed by atoms with Gasteiger partial charge in [-0.1, -0.05) is 18.2 Å². The van der Waals surface area contributed by atoms with E-state index < -0.39 is 29.8 Å². The van der Waals surface area contributed by atoms with Gasteiger partial charge in [0.15, 0.2) is 12.4 Å². The lowest BCUT2D eigenvalue weighted by atomic mass is 9.89. The van der Waals surface area contributed by atoms with Crippen LogP contribution < -0.4 is 15.4 Å². The van der Waals surface area contributed by atoms with Gasteiger partial charge in [-0.3, -0.25) is 19.3 Å². The van der Waals surface area contributed by atoms with Gasteiger partial charge in [0.25, 0.3) is 11.8 Å². The fourth-order valence-corrected chi connectivity index (χ4v) is 4.41. The van der Waals surface area contributed by atoms with E-state index in [1.165, 1.54) is 17.2 Å². The summed E-state index contributed by atoms with van der Waals surface area (Å²) in [5, 5.41) is 5.40. The Bertz CT molecular complexity index is 1160. The van der Waals surface area contributed by atoms with Gasteiger partial charge in [0.05, 0.1) is 12.2 Å². The lowest BCUT2D eigenvalue weighted by molar-refractivity contribution is -0.130. The Kier molecular flexibility index (Phi) is 4.32. The molecule has 0 aromatic heterocycles. The summed E-state index contributed by atoms with van der Waals surface area (Å²) in [5.74, 6) is -0.714. The first-order chi connectivity index (χ1) is 14.8. The number of hydrogen-bond donors (Lipinski definition) is 2. The van der Waals surface area contributed by atoms with Crippen molar-refractivity contribution in [3.05, 3.63) is 58.7 Å². The number of anilines is 1. The zero-order valence-corrected chi connectivity index (χ0v) is 17.0. The topological polar surface area (TPSA) is 105 Å². The maximum Gasteiger partial charge on any atom is 0.325 e. The first-order valence-corrected chi connectivity index (χ1v) is 10.2. The Morgan fingerprint density at radius 3 is 2.74 bits per heavy atom. The van der Waals surface area contributed by atoms with E-state index in [-0.39, 0.29) is 18.1 Å². The van der Waals surface area contributed by atoms with Gasteiger partial charge in [-0.2, -0.15) is 0 Å². The molecule has 2 N–H and O–H groups in total. The lowest BCUT2D eigenvalue weighted by Crippen LogP contribution is -2.41. The van der Waals surface area contributed by atoms with Crippen LogP contribution >= 0.6 is 0 Å². The second kappa shape index (κ2) is 6.94. The molecule has 2 heterocycles. The van der Waals surface area contributed by atoms with Crippen molar-refractivity contribution in [1.29, 1.82) is 0 Å². The number of nitrogens with one attached hydrogen (secondary N) is 2. The third-order valence-electron chi connectivity index (χ3n) is 6.19. The number of urea groups is 1. The Labute approximate surface area is 178 Å². The highest BCUT2D eigenvalue weighted by atomic mass is 16.5. The van der Waals surface area contributed by atoms with Crippen molar-refractivity contribution in [2.24, 2.45) is 0 Å². The van der Waals surface area contributed by atoms with E-state index in [0.29, 0.717) is 11.4 Å². The molecule has 0 spiro atoms. The van der Waals surface area contributed by atoms with Gasteiger partial charge in [0.1, 0.15) is 11.3 Å². The summed E-state index contributed by atoms with van der Waals surface area (Å²) in [6.07, 6.45) is 3.07. The van der Waals surface area contributed by atoms with Crippen molar-refractivity contribution in [2.75, 3.05) is 18.5 Å².